The summed E-state index contributed by atoms with van der Waals surface area (Å²) in [6.07, 6.45) is 3.08. The molecule has 0 aromatic heterocycles. The molecular weight excluding hydrogens is 418 g/mol. The van der Waals surface area contributed by atoms with Gasteiger partial charge in [-0.15, -0.1) is 0 Å². The van der Waals surface area contributed by atoms with Crippen molar-refractivity contribution >= 4 is 29.7 Å². The highest BCUT2D eigenvalue weighted by atomic mass is 16.8. The van der Waals surface area contributed by atoms with E-state index in [1.165, 1.54) is 0 Å². The molecule has 2 aliphatic heterocycles. The quantitative estimate of drug-likeness (QED) is 0.604. The zero-order chi connectivity index (χ0) is 23.4. The Morgan fingerprint density at radius 1 is 1.09 bits per heavy atom. The summed E-state index contributed by atoms with van der Waals surface area (Å²) in [6, 6.07) is 13.8. The van der Waals surface area contributed by atoms with E-state index in [0.717, 1.165) is 53.9 Å². The fraction of sp³-hybridized carbons (Fsp3) is 0.346. The van der Waals surface area contributed by atoms with Crippen LogP contribution in [0.15, 0.2) is 53.0 Å². The van der Waals surface area contributed by atoms with Gasteiger partial charge < -0.3 is 20.1 Å². The van der Waals surface area contributed by atoms with Crippen molar-refractivity contribution in [3.8, 4) is 11.1 Å². The van der Waals surface area contributed by atoms with Crippen molar-refractivity contribution in [3.63, 3.8) is 0 Å². The third-order valence-corrected chi connectivity index (χ3v) is 5.75. The van der Waals surface area contributed by atoms with Crippen molar-refractivity contribution in [2.45, 2.75) is 39.2 Å². The van der Waals surface area contributed by atoms with Crippen molar-refractivity contribution in [3.05, 3.63) is 59.2 Å². The van der Waals surface area contributed by atoms with E-state index in [4.69, 9.17) is 15.2 Å². The van der Waals surface area contributed by atoms with E-state index in [9.17, 15) is 9.59 Å². The molecule has 2 aromatic rings. The number of nitrogens with zero attached hydrogens (tertiary/aromatic N) is 2. The molecule has 172 valence electrons. The van der Waals surface area contributed by atoms with Crippen LogP contribution in [0.25, 0.3) is 17.2 Å². The van der Waals surface area contributed by atoms with E-state index in [1.807, 2.05) is 53.4 Å². The number of rotatable bonds is 7. The van der Waals surface area contributed by atoms with Crippen molar-refractivity contribution in [2.75, 3.05) is 19.7 Å². The molecule has 0 spiro atoms. The number of amides is 1. The summed E-state index contributed by atoms with van der Waals surface area (Å²) in [6.45, 7) is 5.84. The second-order valence-corrected chi connectivity index (χ2v) is 8.30. The normalized spacial score (nSPS) is 17.3. The summed E-state index contributed by atoms with van der Waals surface area (Å²) in [4.78, 5) is 30.8. The van der Waals surface area contributed by atoms with Crippen molar-refractivity contribution in [2.24, 2.45) is 10.7 Å². The number of nitrogens with two attached hydrogens (primary N) is 1. The van der Waals surface area contributed by atoms with Crippen molar-refractivity contribution in [1.29, 1.82) is 0 Å². The Kier molecular flexibility index (Phi) is 6.77. The maximum atomic E-state index is 13.1. The third-order valence-electron chi connectivity index (χ3n) is 5.75. The van der Waals surface area contributed by atoms with Crippen LogP contribution in [-0.4, -0.2) is 42.5 Å². The molecule has 7 nitrogen and oxygen atoms in total. The highest BCUT2D eigenvalue weighted by molar-refractivity contribution is 6.05. The lowest BCUT2D eigenvalue weighted by Gasteiger charge is -2.22. The molecule has 2 heterocycles. The van der Waals surface area contributed by atoms with Gasteiger partial charge in [0.1, 0.15) is 12.4 Å². The van der Waals surface area contributed by atoms with E-state index in [-0.39, 0.29) is 18.6 Å². The predicted octanol–water partition coefficient (Wildman–Crippen LogP) is 4.99. The molecule has 4 rings (SSSR count). The Morgan fingerprint density at radius 3 is 2.42 bits per heavy atom. The third kappa shape index (κ3) is 5.08. The Morgan fingerprint density at radius 2 is 1.79 bits per heavy atom. The molecule has 7 heteroatoms. The van der Waals surface area contributed by atoms with Gasteiger partial charge in [-0.25, -0.2) is 9.79 Å². The van der Waals surface area contributed by atoms with Crippen LogP contribution in [-0.2, 0) is 14.3 Å². The molecule has 33 heavy (non-hydrogen) atoms. The van der Waals surface area contributed by atoms with Gasteiger partial charge in [-0.3, -0.25) is 4.79 Å². The summed E-state index contributed by atoms with van der Waals surface area (Å²) in [5, 5.41) is 0. The molecule has 0 aliphatic carbocycles. The van der Waals surface area contributed by atoms with E-state index in [0.29, 0.717) is 17.8 Å². The lowest BCUT2D eigenvalue weighted by atomic mass is 9.99. The van der Waals surface area contributed by atoms with Crippen LogP contribution < -0.4 is 5.73 Å². The molecule has 2 aromatic carbocycles. The van der Waals surface area contributed by atoms with Crippen LogP contribution in [0.5, 0.6) is 0 Å². The van der Waals surface area contributed by atoms with Gasteiger partial charge in [-0.05, 0) is 41.7 Å². The molecule has 2 N–H and O–H groups in total. The largest absolute Gasteiger partial charge is 0.509 e. The van der Waals surface area contributed by atoms with Crippen LogP contribution in [0.4, 0.5) is 10.5 Å². The summed E-state index contributed by atoms with van der Waals surface area (Å²) < 4.78 is 10.0. The van der Waals surface area contributed by atoms with Crippen LogP contribution in [0.1, 0.15) is 50.3 Å². The minimum absolute atomic E-state index is 0.0287. The first kappa shape index (κ1) is 22.6. The molecule has 2 aliphatic rings. The fourth-order valence-electron chi connectivity index (χ4n) is 4.15. The first-order chi connectivity index (χ1) is 16.0. The number of cyclic esters (lactones) is 2. The highest BCUT2D eigenvalue weighted by Crippen LogP contribution is 2.33. The maximum Gasteiger partial charge on any atom is 0.509 e. The number of hydrogen-bond donors (Lipinski definition) is 1. The standard InChI is InChI=1S/C26H29N3O4/c1-3-11-29(12-4-2)25(30)21-13-20-10-9-19(14-22(20)28-24(27)15-21)17-5-7-18(8-6-17)23-16-32-26(31)33-23/h5-10,13-14,23H,3-4,11-12,15-16H2,1-2H3,(H2,27,28). The van der Waals surface area contributed by atoms with Crippen LogP contribution in [0.2, 0.25) is 0 Å². The van der Waals surface area contributed by atoms with E-state index >= 15 is 0 Å². The fourth-order valence-corrected chi connectivity index (χ4v) is 4.15. The van der Waals surface area contributed by atoms with Crippen LogP contribution in [0, 0.1) is 0 Å². The topological polar surface area (TPSA) is 94.2 Å². The maximum absolute atomic E-state index is 13.1. The van der Waals surface area contributed by atoms with Crippen molar-refractivity contribution < 1.29 is 19.1 Å². The second-order valence-electron chi connectivity index (χ2n) is 8.30. The van der Waals surface area contributed by atoms with Gasteiger partial charge in [0.15, 0.2) is 6.10 Å². The number of ether oxygens (including phenoxy) is 2. The van der Waals surface area contributed by atoms with Crippen LogP contribution >= 0.6 is 0 Å². The molecule has 1 atom stereocenters. The zero-order valence-electron chi connectivity index (χ0n) is 19.0. The van der Waals surface area contributed by atoms with Gasteiger partial charge in [-0.2, -0.15) is 0 Å². The van der Waals surface area contributed by atoms with E-state index < -0.39 is 6.16 Å². The lowest BCUT2D eigenvalue weighted by molar-refractivity contribution is -0.127. The zero-order valence-corrected chi connectivity index (χ0v) is 19.0. The van der Waals surface area contributed by atoms with Gasteiger partial charge in [-0.1, -0.05) is 50.2 Å². The van der Waals surface area contributed by atoms with Gasteiger partial charge in [0.2, 0.25) is 5.91 Å². The van der Waals surface area contributed by atoms with Gasteiger partial charge in [0.25, 0.3) is 0 Å². The molecule has 1 fully saturated rings. The molecule has 1 saturated heterocycles. The molecule has 0 bridgehead atoms. The average molecular weight is 448 g/mol. The summed E-state index contributed by atoms with van der Waals surface area (Å²) in [5.41, 5.74) is 11.4. The molecule has 1 unspecified atom stereocenters. The molecule has 0 radical (unpaired) electrons. The summed E-state index contributed by atoms with van der Waals surface area (Å²) in [7, 11) is 0. The van der Waals surface area contributed by atoms with E-state index in [2.05, 4.69) is 18.8 Å². The molecular formula is C26H29N3O4. The summed E-state index contributed by atoms with van der Waals surface area (Å²) in [5.74, 6) is 0.456. The van der Waals surface area contributed by atoms with Crippen molar-refractivity contribution in [1.82, 2.24) is 4.90 Å². The van der Waals surface area contributed by atoms with Gasteiger partial charge in [0, 0.05) is 30.6 Å². The number of carbonyl (C=O) groups excluding carboxylic acids is 2. The first-order valence-corrected chi connectivity index (χ1v) is 11.4. The minimum atomic E-state index is -0.635. The average Bonchev–Trinajstić information content (AvgIpc) is 3.17. The van der Waals surface area contributed by atoms with Gasteiger partial charge in [0.05, 0.1) is 5.69 Å². The monoisotopic (exact) mass is 447 g/mol. The molecule has 0 saturated carbocycles. The number of fused-ring (bicyclic) bond motifs is 1. The smallest absolute Gasteiger partial charge is 0.430 e. The van der Waals surface area contributed by atoms with Gasteiger partial charge >= 0.3 is 6.16 Å². The minimum Gasteiger partial charge on any atom is -0.430 e. The number of benzene rings is 2. The predicted molar refractivity (Wildman–Crippen MR) is 128 cm³/mol. The molecule has 1 amide bonds. The second kappa shape index (κ2) is 9.90. The SMILES string of the molecule is CCCN(CCC)C(=O)C1=Cc2ccc(-c3ccc(C4COC(=O)O4)cc3)cc2N=C(N)C1. The first-order valence-electron chi connectivity index (χ1n) is 11.4. The van der Waals surface area contributed by atoms with Crippen LogP contribution in [0.3, 0.4) is 0 Å². The number of carbonyl (C=O) groups is 2. The summed E-state index contributed by atoms with van der Waals surface area (Å²) >= 11 is 0. The number of aliphatic imine (C=N–C) groups is 1. The number of hydrogen-bond acceptors (Lipinski definition) is 6. The Hall–Kier alpha value is -3.61. The highest BCUT2D eigenvalue weighted by Gasteiger charge is 2.26. The lowest BCUT2D eigenvalue weighted by Crippen LogP contribution is -2.34. The Labute approximate surface area is 193 Å². The Bertz CT molecular complexity index is 1100. The Balaban J connectivity index is 1.60. The van der Waals surface area contributed by atoms with E-state index in [1.54, 1.807) is 0 Å². The number of amidine groups is 1.